The Bertz CT molecular complexity index is 639. The number of nitrogens with zero attached hydrogens (tertiary/aromatic N) is 2. The molecule has 1 fully saturated rings. The second-order valence-electron chi connectivity index (χ2n) is 8.94. The molecule has 1 N–H and O–H groups in total. The Labute approximate surface area is 164 Å². The lowest BCUT2D eigenvalue weighted by Gasteiger charge is -2.36. The molecule has 0 spiro atoms. The van der Waals surface area contributed by atoms with E-state index in [-0.39, 0.29) is 11.8 Å². The molecule has 0 bridgehead atoms. The van der Waals surface area contributed by atoms with E-state index >= 15 is 0 Å². The summed E-state index contributed by atoms with van der Waals surface area (Å²) < 4.78 is 0. The number of hydrogen-bond donors (Lipinski definition) is 1. The highest BCUT2D eigenvalue weighted by Gasteiger charge is 2.29. The van der Waals surface area contributed by atoms with Gasteiger partial charge in [0.2, 0.25) is 11.8 Å². The summed E-state index contributed by atoms with van der Waals surface area (Å²) in [5.74, 6) is 0.467. The molecule has 2 rings (SSSR count). The lowest BCUT2D eigenvalue weighted by molar-refractivity contribution is -0.139. The van der Waals surface area contributed by atoms with E-state index in [1.165, 1.54) is 11.1 Å². The first-order valence-electron chi connectivity index (χ1n) is 9.99. The molecule has 1 atom stereocenters. The number of hydrogen-bond acceptors (Lipinski definition) is 3. The molecule has 1 heterocycles. The van der Waals surface area contributed by atoms with E-state index in [0.717, 1.165) is 19.6 Å². The van der Waals surface area contributed by atoms with Crippen molar-refractivity contribution in [2.24, 2.45) is 5.41 Å². The molecule has 0 aromatic heterocycles. The van der Waals surface area contributed by atoms with Crippen molar-refractivity contribution in [2.45, 2.75) is 60.0 Å². The standard InChI is InChI=1S/C22H35N3O2/c1-16(2)19-9-7-18(8-10-19)15-24-11-13-25(14-12-24)20(26)17(3)23-21(27)22(4,5)6/h7-10,16-17H,11-15H2,1-6H3,(H,23,27). The molecule has 1 saturated heterocycles. The van der Waals surface area contributed by atoms with Crippen LogP contribution in [0.1, 0.15) is 58.6 Å². The van der Waals surface area contributed by atoms with Gasteiger partial charge in [-0.25, -0.2) is 0 Å². The van der Waals surface area contributed by atoms with Gasteiger partial charge in [-0.1, -0.05) is 58.9 Å². The molecule has 0 radical (unpaired) electrons. The second-order valence-corrected chi connectivity index (χ2v) is 8.94. The zero-order valence-corrected chi connectivity index (χ0v) is 17.7. The number of rotatable bonds is 5. The molecule has 27 heavy (non-hydrogen) atoms. The fourth-order valence-electron chi connectivity index (χ4n) is 3.14. The minimum Gasteiger partial charge on any atom is -0.344 e. The van der Waals surface area contributed by atoms with Crippen LogP contribution in [0.3, 0.4) is 0 Å². The summed E-state index contributed by atoms with van der Waals surface area (Å²) in [6, 6.07) is 8.35. The monoisotopic (exact) mass is 373 g/mol. The van der Waals surface area contributed by atoms with Gasteiger partial charge in [0.25, 0.3) is 0 Å². The maximum atomic E-state index is 12.6. The first kappa shape index (κ1) is 21.4. The number of amides is 2. The van der Waals surface area contributed by atoms with Crippen LogP contribution in [-0.2, 0) is 16.1 Å². The molecule has 1 aromatic carbocycles. The maximum Gasteiger partial charge on any atom is 0.244 e. The fraction of sp³-hybridized carbons (Fsp3) is 0.636. The maximum absolute atomic E-state index is 12.6. The number of benzene rings is 1. The van der Waals surface area contributed by atoms with Crippen LogP contribution in [0.15, 0.2) is 24.3 Å². The Kier molecular flexibility index (Phi) is 7.04. The van der Waals surface area contributed by atoms with E-state index in [1.807, 2.05) is 25.7 Å². The topological polar surface area (TPSA) is 52.7 Å². The molecule has 1 aromatic rings. The molecule has 0 saturated carbocycles. The minimum absolute atomic E-state index is 0.00790. The highest BCUT2D eigenvalue weighted by atomic mass is 16.2. The van der Waals surface area contributed by atoms with Crippen LogP contribution < -0.4 is 5.32 Å². The van der Waals surface area contributed by atoms with Crippen molar-refractivity contribution < 1.29 is 9.59 Å². The Morgan fingerprint density at radius 1 is 1.00 bits per heavy atom. The van der Waals surface area contributed by atoms with Crippen molar-refractivity contribution >= 4 is 11.8 Å². The SMILES string of the molecule is CC(NC(=O)C(C)(C)C)C(=O)N1CCN(Cc2ccc(C(C)C)cc2)CC1. The quantitative estimate of drug-likeness (QED) is 0.863. The van der Waals surface area contributed by atoms with Crippen LogP contribution in [0, 0.1) is 5.41 Å². The van der Waals surface area contributed by atoms with Crippen molar-refractivity contribution in [3.05, 3.63) is 35.4 Å². The Hall–Kier alpha value is -1.88. The van der Waals surface area contributed by atoms with Crippen molar-refractivity contribution in [3.63, 3.8) is 0 Å². The van der Waals surface area contributed by atoms with Crippen molar-refractivity contribution in [1.82, 2.24) is 15.1 Å². The normalized spacial score (nSPS) is 17.1. The number of nitrogens with one attached hydrogen (secondary N) is 1. The third kappa shape index (κ3) is 6.06. The average molecular weight is 374 g/mol. The highest BCUT2D eigenvalue weighted by Crippen LogP contribution is 2.17. The van der Waals surface area contributed by atoms with E-state index in [1.54, 1.807) is 6.92 Å². The third-order valence-corrected chi connectivity index (χ3v) is 5.14. The largest absolute Gasteiger partial charge is 0.344 e. The molecule has 1 aliphatic rings. The molecular weight excluding hydrogens is 338 g/mol. The zero-order chi connectivity index (χ0) is 20.2. The van der Waals surface area contributed by atoms with Gasteiger partial charge in [-0.2, -0.15) is 0 Å². The molecule has 0 aliphatic carbocycles. The Balaban J connectivity index is 1.82. The van der Waals surface area contributed by atoms with Gasteiger partial charge in [0, 0.05) is 38.1 Å². The van der Waals surface area contributed by atoms with Gasteiger partial charge in [0.05, 0.1) is 0 Å². The molecule has 2 amide bonds. The molecule has 1 aliphatic heterocycles. The zero-order valence-electron chi connectivity index (χ0n) is 17.7. The van der Waals surface area contributed by atoms with Crippen LogP contribution in [-0.4, -0.2) is 53.8 Å². The fourth-order valence-corrected chi connectivity index (χ4v) is 3.14. The van der Waals surface area contributed by atoms with Crippen molar-refractivity contribution in [2.75, 3.05) is 26.2 Å². The van der Waals surface area contributed by atoms with Gasteiger partial charge in [-0.3, -0.25) is 14.5 Å². The van der Waals surface area contributed by atoms with Gasteiger partial charge < -0.3 is 10.2 Å². The number of carbonyl (C=O) groups excluding carboxylic acids is 2. The van der Waals surface area contributed by atoms with Crippen molar-refractivity contribution in [1.29, 1.82) is 0 Å². The van der Waals surface area contributed by atoms with Gasteiger partial charge >= 0.3 is 0 Å². The van der Waals surface area contributed by atoms with E-state index in [2.05, 4.69) is 48.3 Å². The summed E-state index contributed by atoms with van der Waals surface area (Å²) in [5, 5.41) is 2.84. The smallest absolute Gasteiger partial charge is 0.244 e. The predicted octanol–water partition coefficient (Wildman–Crippen LogP) is 3.01. The molecule has 5 heteroatoms. The summed E-state index contributed by atoms with van der Waals surface area (Å²) in [6.45, 7) is 15.8. The summed E-state index contributed by atoms with van der Waals surface area (Å²) >= 11 is 0. The van der Waals surface area contributed by atoms with E-state index in [4.69, 9.17) is 0 Å². The van der Waals surface area contributed by atoms with E-state index < -0.39 is 11.5 Å². The van der Waals surface area contributed by atoms with Crippen LogP contribution in [0.2, 0.25) is 0 Å². The molecule has 5 nitrogen and oxygen atoms in total. The predicted molar refractivity (Wildman–Crippen MR) is 109 cm³/mol. The minimum atomic E-state index is -0.488. The van der Waals surface area contributed by atoms with Crippen molar-refractivity contribution in [3.8, 4) is 0 Å². The number of carbonyl (C=O) groups is 2. The lowest BCUT2D eigenvalue weighted by atomic mass is 9.95. The number of piperazine rings is 1. The summed E-state index contributed by atoms with van der Waals surface area (Å²) in [4.78, 5) is 29.0. The van der Waals surface area contributed by atoms with E-state index in [0.29, 0.717) is 19.0 Å². The Morgan fingerprint density at radius 3 is 2.04 bits per heavy atom. The first-order chi connectivity index (χ1) is 12.6. The molecule has 150 valence electrons. The van der Waals surface area contributed by atoms with Gasteiger partial charge in [0.1, 0.15) is 6.04 Å². The van der Waals surface area contributed by atoms with Crippen LogP contribution in [0.25, 0.3) is 0 Å². The van der Waals surface area contributed by atoms with Crippen LogP contribution in [0.5, 0.6) is 0 Å². The third-order valence-electron chi connectivity index (χ3n) is 5.14. The van der Waals surface area contributed by atoms with E-state index in [9.17, 15) is 9.59 Å². The first-order valence-corrected chi connectivity index (χ1v) is 9.99. The van der Waals surface area contributed by atoms with Crippen LogP contribution >= 0.6 is 0 Å². The summed E-state index contributed by atoms with van der Waals surface area (Å²) in [5.41, 5.74) is 2.18. The van der Waals surface area contributed by atoms with Crippen LogP contribution in [0.4, 0.5) is 0 Å². The van der Waals surface area contributed by atoms with Gasteiger partial charge in [-0.05, 0) is 24.0 Å². The van der Waals surface area contributed by atoms with Gasteiger partial charge in [0.15, 0.2) is 0 Å². The summed E-state index contributed by atoms with van der Waals surface area (Å²) in [7, 11) is 0. The highest BCUT2D eigenvalue weighted by molar-refractivity contribution is 5.89. The Morgan fingerprint density at radius 2 is 1.56 bits per heavy atom. The van der Waals surface area contributed by atoms with Gasteiger partial charge in [-0.15, -0.1) is 0 Å². The molecular formula is C22H35N3O2. The average Bonchev–Trinajstić information content (AvgIpc) is 2.61. The molecule has 1 unspecified atom stereocenters. The second kappa shape index (κ2) is 8.87. The lowest BCUT2D eigenvalue weighted by Crippen LogP contribution is -2.54. The summed E-state index contributed by atoms with van der Waals surface area (Å²) in [6.07, 6.45) is 0.